The van der Waals surface area contributed by atoms with Crippen molar-refractivity contribution in [3.63, 3.8) is 0 Å². The average Bonchev–Trinajstić information content (AvgIpc) is 1.87. The van der Waals surface area contributed by atoms with Gasteiger partial charge in [0.25, 0.3) is 6.43 Å². The number of aliphatic carboxylic acids is 1. The second-order valence-corrected chi connectivity index (χ2v) is 1.96. The van der Waals surface area contributed by atoms with Gasteiger partial charge in [0, 0.05) is 12.0 Å². The number of hydrogen-bond donors (Lipinski definition) is 1. The Morgan fingerprint density at radius 1 is 1.45 bits per heavy atom. The lowest BCUT2D eigenvalue weighted by molar-refractivity contribution is -0.133. The van der Waals surface area contributed by atoms with Crippen LogP contribution < -0.4 is 0 Å². The third-order valence-corrected chi connectivity index (χ3v) is 1.02. The van der Waals surface area contributed by atoms with E-state index in [1.807, 2.05) is 0 Å². The largest absolute Gasteiger partial charge is 0.478 e. The third kappa shape index (κ3) is 3.64. The number of carboxylic acids is 1. The fourth-order valence-corrected chi connectivity index (χ4v) is 0.412. The topological polar surface area (TPSA) is 37.3 Å². The molecule has 0 spiro atoms. The Balaban J connectivity index is 3.85. The van der Waals surface area contributed by atoms with E-state index in [0.29, 0.717) is 0 Å². The van der Waals surface area contributed by atoms with Crippen molar-refractivity contribution in [1.82, 2.24) is 0 Å². The van der Waals surface area contributed by atoms with Gasteiger partial charge in [0.2, 0.25) is 0 Å². The fraction of sp³-hybridized carbons (Fsp3) is 0.500. The number of halogens is 3. The minimum Gasteiger partial charge on any atom is -0.478 e. The molecule has 0 aromatic heterocycles. The van der Waals surface area contributed by atoms with E-state index < -0.39 is 30.6 Å². The normalized spacial score (nSPS) is 13.1. The zero-order valence-electron chi connectivity index (χ0n) is 5.56. The van der Waals surface area contributed by atoms with Crippen LogP contribution in [0.15, 0.2) is 12.2 Å². The van der Waals surface area contributed by atoms with Gasteiger partial charge in [-0.3, -0.25) is 0 Å². The summed E-state index contributed by atoms with van der Waals surface area (Å²) in [4.78, 5) is 9.95. The highest BCUT2D eigenvalue weighted by Gasteiger charge is 2.21. The molecule has 0 saturated heterocycles. The predicted octanol–water partition coefficient (Wildman–Crippen LogP) is 1.62. The Hall–Kier alpha value is -1.00. The summed E-state index contributed by atoms with van der Waals surface area (Å²) in [5.41, 5.74) is -0.544. The van der Waals surface area contributed by atoms with E-state index >= 15 is 0 Å². The number of hydrogen-bond acceptors (Lipinski definition) is 1. The first-order valence-corrected chi connectivity index (χ1v) is 2.78. The van der Waals surface area contributed by atoms with Crippen LogP contribution in [-0.2, 0) is 4.79 Å². The number of carbonyl (C=O) groups is 1. The van der Waals surface area contributed by atoms with Crippen LogP contribution in [0, 0.1) is 0 Å². The molecule has 1 unspecified atom stereocenters. The van der Waals surface area contributed by atoms with Crippen molar-refractivity contribution in [2.45, 2.75) is 19.0 Å². The standard InChI is InChI=1S/C6H7F3O2/c1-3(6(10)11)2-4(7)5(8)9/h4-5H,1-2H2,(H,10,11). The molecule has 64 valence electrons. The van der Waals surface area contributed by atoms with Gasteiger partial charge in [-0.2, -0.15) is 0 Å². The summed E-state index contributed by atoms with van der Waals surface area (Å²) < 4.78 is 34.9. The van der Waals surface area contributed by atoms with Crippen LogP contribution in [0.5, 0.6) is 0 Å². The molecule has 0 heterocycles. The third-order valence-electron chi connectivity index (χ3n) is 1.02. The molecule has 2 nitrogen and oxygen atoms in total. The molecule has 0 rings (SSSR count). The van der Waals surface area contributed by atoms with Crippen molar-refractivity contribution < 1.29 is 23.1 Å². The van der Waals surface area contributed by atoms with Crippen LogP contribution in [0.2, 0.25) is 0 Å². The second kappa shape index (κ2) is 4.00. The molecule has 0 radical (unpaired) electrons. The van der Waals surface area contributed by atoms with Crippen molar-refractivity contribution in [3.8, 4) is 0 Å². The molecule has 0 aromatic rings. The summed E-state index contributed by atoms with van der Waals surface area (Å²) in [6, 6.07) is 0. The average molecular weight is 168 g/mol. The molecular formula is C6H7F3O2. The number of rotatable bonds is 4. The maximum Gasteiger partial charge on any atom is 0.331 e. The summed E-state index contributed by atoms with van der Waals surface area (Å²) in [5.74, 6) is -1.45. The van der Waals surface area contributed by atoms with Gasteiger partial charge in [0.15, 0.2) is 6.17 Å². The van der Waals surface area contributed by atoms with Crippen molar-refractivity contribution in [2.75, 3.05) is 0 Å². The van der Waals surface area contributed by atoms with Crippen LogP contribution in [0.3, 0.4) is 0 Å². The highest BCUT2D eigenvalue weighted by molar-refractivity contribution is 5.85. The zero-order chi connectivity index (χ0) is 9.02. The van der Waals surface area contributed by atoms with E-state index in [1.54, 1.807) is 0 Å². The molecule has 0 bridgehead atoms. The molecule has 1 N–H and O–H groups in total. The summed E-state index contributed by atoms with van der Waals surface area (Å²) in [6.45, 7) is 2.90. The Morgan fingerprint density at radius 2 is 1.91 bits per heavy atom. The molecule has 0 aliphatic rings. The Kier molecular flexibility index (Phi) is 3.64. The minimum atomic E-state index is -3.15. The SMILES string of the molecule is C=C(CC(F)C(F)F)C(=O)O. The van der Waals surface area contributed by atoms with Gasteiger partial charge >= 0.3 is 5.97 Å². The van der Waals surface area contributed by atoms with Gasteiger partial charge in [0.1, 0.15) is 0 Å². The maximum absolute atomic E-state index is 12.1. The Bertz CT molecular complexity index is 167. The minimum absolute atomic E-state index is 0.544. The van der Waals surface area contributed by atoms with Gasteiger partial charge < -0.3 is 5.11 Å². The van der Waals surface area contributed by atoms with Gasteiger partial charge in [-0.05, 0) is 0 Å². The van der Waals surface area contributed by atoms with Crippen molar-refractivity contribution in [3.05, 3.63) is 12.2 Å². The lowest BCUT2D eigenvalue weighted by atomic mass is 10.1. The Labute approximate surface area is 61.3 Å². The van der Waals surface area contributed by atoms with E-state index in [1.165, 1.54) is 0 Å². The first-order chi connectivity index (χ1) is 4.95. The molecule has 0 aliphatic carbocycles. The van der Waals surface area contributed by atoms with E-state index in [2.05, 4.69) is 6.58 Å². The first-order valence-electron chi connectivity index (χ1n) is 2.78. The lowest BCUT2D eigenvalue weighted by Gasteiger charge is -2.05. The van der Waals surface area contributed by atoms with Crippen LogP contribution in [-0.4, -0.2) is 23.7 Å². The van der Waals surface area contributed by atoms with E-state index in [9.17, 15) is 18.0 Å². The fourth-order valence-electron chi connectivity index (χ4n) is 0.412. The van der Waals surface area contributed by atoms with Crippen molar-refractivity contribution in [2.24, 2.45) is 0 Å². The van der Waals surface area contributed by atoms with Crippen LogP contribution in [0.25, 0.3) is 0 Å². The van der Waals surface area contributed by atoms with E-state index in [0.717, 1.165) is 0 Å². The highest BCUT2D eigenvalue weighted by Crippen LogP contribution is 2.14. The first kappa shape index (κ1) is 10.0. The second-order valence-electron chi connectivity index (χ2n) is 1.96. The number of carboxylic acid groups (broad SMARTS) is 1. The van der Waals surface area contributed by atoms with Crippen molar-refractivity contribution >= 4 is 5.97 Å². The molecular weight excluding hydrogens is 161 g/mol. The molecule has 11 heavy (non-hydrogen) atoms. The van der Waals surface area contributed by atoms with Gasteiger partial charge in [0.05, 0.1) is 0 Å². The Morgan fingerprint density at radius 3 is 2.18 bits per heavy atom. The van der Waals surface area contributed by atoms with E-state index in [-0.39, 0.29) is 0 Å². The summed E-state index contributed by atoms with van der Waals surface area (Å²) in [5, 5.41) is 8.10. The summed E-state index contributed by atoms with van der Waals surface area (Å²) in [6.07, 6.45) is -6.41. The predicted molar refractivity (Wildman–Crippen MR) is 32.3 cm³/mol. The monoisotopic (exact) mass is 168 g/mol. The zero-order valence-corrected chi connectivity index (χ0v) is 5.56. The van der Waals surface area contributed by atoms with Crippen molar-refractivity contribution in [1.29, 1.82) is 0 Å². The molecule has 5 heteroatoms. The molecule has 0 aromatic carbocycles. The summed E-state index contributed by atoms with van der Waals surface area (Å²) >= 11 is 0. The summed E-state index contributed by atoms with van der Waals surface area (Å²) in [7, 11) is 0. The molecule has 0 fully saturated rings. The molecule has 0 amide bonds. The molecule has 1 atom stereocenters. The van der Waals surface area contributed by atoms with Crippen LogP contribution >= 0.6 is 0 Å². The quantitative estimate of drug-likeness (QED) is 0.647. The van der Waals surface area contributed by atoms with Gasteiger partial charge in [-0.1, -0.05) is 6.58 Å². The van der Waals surface area contributed by atoms with Gasteiger partial charge in [-0.25, -0.2) is 18.0 Å². The molecule has 0 aliphatic heterocycles. The lowest BCUT2D eigenvalue weighted by Crippen LogP contribution is -2.15. The smallest absolute Gasteiger partial charge is 0.331 e. The van der Waals surface area contributed by atoms with Crippen LogP contribution in [0.4, 0.5) is 13.2 Å². The van der Waals surface area contributed by atoms with E-state index in [4.69, 9.17) is 5.11 Å². The van der Waals surface area contributed by atoms with Gasteiger partial charge in [-0.15, -0.1) is 0 Å². The molecule has 0 saturated carbocycles. The number of alkyl halides is 3. The maximum atomic E-state index is 12.1. The van der Waals surface area contributed by atoms with Crippen LogP contribution in [0.1, 0.15) is 6.42 Å². The highest BCUT2D eigenvalue weighted by atomic mass is 19.3.